The highest BCUT2D eigenvalue weighted by Gasteiger charge is 2.22. The zero-order valence-electron chi connectivity index (χ0n) is 17.9. The monoisotopic (exact) mass is 453 g/mol. The van der Waals surface area contributed by atoms with Gasteiger partial charge in [0.15, 0.2) is 0 Å². The second-order valence-electron chi connectivity index (χ2n) is 7.18. The van der Waals surface area contributed by atoms with Crippen molar-refractivity contribution in [1.82, 2.24) is 24.4 Å². The molecule has 0 aliphatic rings. The Morgan fingerprint density at radius 2 is 1.94 bits per heavy atom. The third kappa shape index (κ3) is 4.35. The van der Waals surface area contributed by atoms with E-state index >= 15 is 0 Å². The summed E-state index contributed by atoms with van der Waals surface area (Å²) in [7, 11) is 5.01. The van der Waals surface area contributed by atoms with Gasteiger partial charge in [0.1, 0.15) is 28.2 Å². The van der Waals surface area contributed by atoms with Gasteiger partial charge in [-0.05, 0) is 29.1 Å². The molecular formula is C22H23N5O4S. The number of hydrogen-bond acceptors (Lipinski definition) is 7. The third-order valence-corrected chi connectivity index (χ3v) is 5.98. The fourth-order valence-corrected chi connectivity index (χ4v) is 4.18. The van der Waals surface area contributed by atoms with Crippen molar-refractivity contribution in [3.63, 3.8) is 0 Å². The maximum atomic E-state index is 12.9. The average Bonchev–Trinajstić information content (AvgIpc) is 3.46. The van der Waals surface area contributed by atoms with Crippen LogP contribution < -0.4 is 20.3 Å². The van der Waals surface area contributed by atoms with Gasteiger partial charge in [0.2, 0.25) is 5.91 Å². The van der Waals surface area contributed by atoms with E-state index in [2.05, 4.69) is 15.3 Å². The largest absolute Gasteiger partial charge is 0.497 e. The Bertz CT molecular complexity index is 1290. The Balaban J connectivity index is 1.57. The molecule has 0 aliphatic carbocycles. The summed E-state index contributed by atoms with van der Waals surface area (Å²) in [5.74, 6) is 1.65. The first-order valence-corrected chi connectivity index (χ1v) is 10.8. The van der Waals surface area contributed by atoms with Gasteiger partial charge in [0, 0.05) is 38.5 Å². The van der Waals surface area contributed by atoms with E-state index < -0.39 is 6.04 Å². The number of fused-ring (bicyclic) bond motifs is 1. The normalized spacial score (nSPS) is 12.0. The van der Waals surface area contributed by atoms with E-state index in [0.29, 0.717) is 27.5 Å². The molecule has 10 heteroatoms. The maximum absolute atomic E-state index is 12.9. The molecule has 1 N–H and O–H groups in total. The molecule has 1 atom stereocenters. The number of nitrogens with one attached hydrogen (secondary N) is 1. The van der Waals surface area contributed by atoms with Gasteiger partial charge in [-0.1, -0.05) is 0 Å². The number of ether oxygens (including phenoxy) is 2. The number of imidazole rings is 1. The molecule has 0 fully saturated rings. The number of benzene rings is 1. The van der Waals surface area contributed by atoms with Crippen LogP contribution in [0.1, 0.15) is 23.9 Å². The standard InChI is InChI=1S/C22H23N5O4S/c1-26-8-6-23-20(26)19(14-10-15(30-2)12-16(11-14)31-3)25-18(28)4-7-27-13-24-21-17(22(27)29)5-9-32-21/h5-6,8-13,19H,4,7H2,1-3H3,(H,25,28). The highest BCUT2D eigenvalue weighted by Crippen LogP contribution is 2.29. The second kappa shape index (κ2) is 9.23. The van der Waals surface area contributed by atoms with Crippen molar-refractivity contribution in [1.29, 1.82) is 0 Å². The molecule has 3 aromatic heterocycles. The molecule has 9 nitrogen and oxygen atoms in total. The summed E-state index contributed by atoms with van der Waals surface area (Å²) in [5.41, 5.74) is 0.615. The molecule has 0 spiro atoms. The molecule has 166 valence electrons. The van der Waals surface area contributed by atoms with Crippen molar-refractivity contribution in [2.24, 2.45) is 7.05 Å². The number of aryl methyl sites for hydroxylation is 2. The fraction of sp³-hybridized carbons (Fsp3) is 0.273. The van der Waals surface area contributed by atoms with Crippen LogP contribution in [0.25, 0.3) is 10.2 Å². The summed E-state index contributed by atoms with van der Waals surface area (Å²) >= 11 is 1.41. The zero-order chi connectivity index (χ0) is 22.7. The molecule has 0 radical (unpaired) electrons. The van der Waals surface area contributed by atoms with Crippen LogP contribution in [0.2, 0.25) is 0 Å². The minimum absolute atomic E-state index is 0.110. The second-order valence-corrected chi connectivity index (χ2v) is 8.07. The van der Waals surface area contributed by atoms with Crippen molar-refractivity contribution in [2.45, 2.75) is 19.0 Å². The lowest BCUT2D eigenvalue weighted by atomic mass is 10.0. The van der Waals surface area contributed by atoms with Gasteiger partial charge >= 0.3 is 0 Å². The minimum Gasteiger partial charge on any atom is -0.497 e. The topological polar surface area (TPSA) is 100 Å². The van der Waals surface area contributed by atoms with E-state index in [4.69, 9.17) is 9.47 Å². The van der Waals surface area contributed by atoms with E-state index in [-0.39, 0.29) is 24.4 Å². The Kier molecular flexibility index (Phi) is 6.22. The molecule has 1 amide bonds. The number of carbonyl (C=O) groups is 1. The Hall–Kier alpha value is -3.66. The van der Waals surface area contributed by atoms with Crippen LogP contribution in [-0.2, 0) is 18.4 Å². The molecule has 0 saturated carbocycles. The number of thiophene rings is 1. The van der Waals surface area contributed by atoms with Gasteiger partial charge in [0.05, 0.1) is 25.9 Å². The quantitative estimate of drug-likeness (QED) is 0.440. The smallest absolute Gasteiger partial charge is 0.262 e. The van der Waals surface area contributed by atoms with Gasteiger partial charge in [-0.2, -0.15) is 0 Å². The molecule has 4 rings (SSSR count). The molecule has 1 unspecified atom stereocenters. The highest BCUT2D eigenvalue weighted by atomic mass is 32.1. The van der Waals surface area contributed by atoms with Crippen LogP contribution in [0.5, 0.6) is 11.5 Å². The molecule has 0 bridgehead atoms. The molecule has 3 heterocycles. The summed E-state index contributed by atoms with van der Waals surface area (Å²) in [6.45, 7) is 0.220. The summed E-state index contributed by atoms with van der Waals surface area (Å²) in [4.78, 5) is 34.9. The lowest BCUT2D eigenvalue weighted by molar-refractivity contribution is -0.121. The molecule has 0 saturated heterocycles. The van der Waals surface area contributed by atoms with Crippen LogP contribution in [0, 0.1) is 0 Å². The number of nitrogens with zero attached hydrogens (tertiary/aromatic N) is 4. The van der Waals surface area contributed by atoms with Gasteiger partial charge in [-0.25, -0.2) is 9.97 Å². The van der Waals surface area contributed by atoms with Crippen LogP contribution in [0.3, 0.4) is 0 Å². The first kappa shape index (κ1) is 21.6. The maximum Gasteiger partial charge on any atom is 0.262 e. The van der Waals surface area contributed by atoms with Crippen molar-refractivity contribution < 1.29 is 14.3 Å². The zero-order valence-corrected chi connectivity index (χ0v) is 18.8. The molecule has 4 aromatic rings. The lowest BCUT2D eigenvalue weighted by Gasteiger charge is -2.20. The van der Waals surface area contributed by atoms with E-state index in [1.54, 1.807) is 32.5 Å². The fourth-order valence-electron chi connectivity index (χ4n) is 3.46. The first-order chi connectivity index (χ1) is 15.5. The Labute approximate surface area is 188 Å². The average molecular weight is 454 g/mol. The van der Waals surface area contributed by atoms with Gasteiger partial charge < -0.3 is 19.4 Å². The van der Waals surface area contributed by atoms with Crippen LogP contribution >= 0.6 is 11.3 Å². The highest BCUT2D eigenvalue weighted by molar-refractivity contribution is 7.16. The first-order valence-electron chi connectivity index (χ1n) is 9.92. The number of amides is 1. The van der Waals surface area contributed by atoms with E-state index in [1.165, 1.54) is 22.2 Å². The third-order valence-electron chi connectivity index (χ3n) is 5.16. The number of methoxy groups -OCH3 is 2. The minimum atomic E-state index is -0.527. The van der Waals surface area contributed by atoms with Crippen LogP contribution in [0.4, 0.5) is 0 Å². The van der Waals surface area contributed by atoms with Crippen molar-refractivity contribution in [3.8, 4) is 11.5 Å². The Morgan fingerprint density at radius 1 is 1.19 bits per heavy atom. The summed E-state index contributed by atoms with van der Waals surface area (Å²) in [5, 5.41) is 5.43. The summed E-state index contributed by atoms with van der Waals surface area (Å²) in [6.07, 6.45) is 5.08. The van der Waals surface area contributed by atoms with Crippen LogP contribution in [-0.4, -0.2) is 39.2 Å². The lowest BCUT2D eigenvalue weighted by Crippen LogP contribution is -2.32. The van der Waals surface area contributed by atoms with Crippen molar-refractivity contribution in [2.75, 3.05) is 14.2 Å². The van der Waals surface area contributed by atoms with Gasteiger partial charge in [0.25, 0.3) is 5.56 Å². The summed E-state index contributed by atoms with van der Waals surface area (Å²) < 4.78 is 14.1. The number of carbonyl (C=O) groups excluding carboxylic acids is 1. The van der Waals surface area contributed by atoms with E-state index in [9.17, 15) is 9.59 Å². The molecular weight excluding hydrogens is 430 g/mol. The number of aromatic nitrogens is 4. The SMILES string of the molecule is COc1cc(OC)cc(C(NC(=O)CCn2cnc3sccc3c2=O)c2nccn2C)c1. The van der Waals surface area contributed by atoms with E-state index in [1.807, 2.05) is 35.3 Å². The van der Waals surface area contributed by atoms with Crippen molar-refractivity contribution in [3.05, 3.63) is 70.1 Å². The van der Waals surface area contributed by atoms with Crippen molar-refractivity contribution >= 4 is 27.5 Å². The predicted molar refractivity (Wildman–Crippen MR) is 121 cm³/mol. The molecule has 1 aromatic carbocycles. The predicted octanol–water partition coefficient (Wildman–Crippen LogP) is 2.50. The number of rotatable bonds is 8. The van der Waals surface area contributed by atoms with Crippen LogP contribution in [0.15, 0.2) is 53.2 Å². The van der Waals surface area contributed by atoms with E-state index in [0.717, 1.165) is 5.56 Å². The number of hydrogen-bond donors (Lipinski definition) is 1. The molecule has 32 heavy (non-hydrogen) atoms. The van der Waals surface area contributed by atoms with Gasteiger partial charge in [-0.15, -0.1) is 11.3 Å². The summed E-state index contributed by atoms with van der Waals surface area (Å²) in [6, 6.07) is 6.66. The Morgan fingerprint density at radius 3 is 2.59 bits per heavy atom. The molecule has 0 aliphatic heterocycles. The van der Waals surface area contributed by atoms with Gasteiger partial charge in [-0.3, -0.25) is 14.2 Å².